The molecule has 112 valence electrons. The molecule has 0 spiro atoms. The first-order valence-electron chi connectivity index (χ1n) is 7.20. The predicted octanol–water partition coefficient (Wildman–Crippen LogP) is 4.00. The van der Waals surface area contributed by atoms with Gasteiger partial charge in [-0.2, -0.15) is 8.42 Å². The van der Waals surface area contributed by atoms with Gasteiger partial charge in [-0.3, -0.25) is 0 Å². The Bertz CT molecular complexity index is 496. The van der Waals surface area contributed by atoms with E-state index in [9.17, 15) is 8.42 Å². The summed E-state index contributed by atoms with van der Waals surface area (Å²) in [6.45, 7) is 10.4. The molecular formula is C15H25AlO3S. The summed E-state index contributed by atoms with van der Waals surface area (Å²) in [4.78, 5) is 0.271. The van der Waals surface area contributed by atoms with Crippen molar-refractivity contribution in [1.82, 2.24) is 0 Å². The molecule has 0 saturated carbocycles. The molecule has 0 aromatic heterocycles. The Morgan fingerprint density at radius 1 is 1.00 bits per heavy atom. The molecule has 1 aromatic rings. The average Bonchev–Trinajstić information content (AvgIpc) is 2.26. The summed E-state index contributed by atoms with van der Waals surface area (Å²) < 4.78 is 30.3. The van der Waals surface area contributed by atoms with Crippen LogP contribution in [0.25, 0.3) is 0 Å². The summed E-state index contributed by atoms with van der Waals surface area (Å²) >= 11 is -1.74. The minimum Gasteiger partial charge on any atom is -0.394 e. The quantitative estimate of drug-likeness (QED) is 0.715. The average molecular weight is 312 g/mol. The number of hydrogen-bond acceptors (Lipinski definition) is 3. The molecule has 0 fully saturated rings. The second-order valence-electron chi connectivity index (χ2n) is 6.24. The summed E-state index contributed by atoms with van der Waals surface area (Å²) in [6.07, 6.45) is 0. The second kappa shape index (κ2) is 7.61. The minimum absolute atomic E-state index is 0.271. The molecule has 0 radical (unpaired) electrons. The van der Waals surface area contributed by atoms with Crippen molar-refractivity contribution in [2.24, 2.45) is 11.8 Å². The van der Waals surface area contributed by atoms with Gasteiger partial charge in [-0.05, 0) is 19.1 Å². The van der Waals surface area contributed by atoms with Crippen molar-refractivity contribution in [2.45, 2.75) is 50.1 Å². The first-order chi connectivity index (χ1) is 9.20. The lowest BCUT2D eigenvalue weighted by molar-refractivity contribution is 0.477. The number of aryl methyl sites for hydroxylation is 1. The molecule has 0 saturated heterocycles. The maximum atomic E-state index is 12.3. The second-order valence-corrected chi connectivity index (χ2v) is 10.6. The van der Waals surface area contributed by atoms with Crippen LogP contribution in [0.2, 0.25) is 10.6 Å². The van der Waals surface area contributed by atoms with Crippen LogP contribution < -0.4 is 0 Å². The number of hydrogen-bond donors (Lipinski definition) is 0. The van der Waals surface area contributed by atoms with Gasteiger partial charge < -0.3 is 3.23 Å². The molecule has 0 heterocycles. The van der Waals surface area contributed by atoms with E-state index in [1.54, 1.807) is 24.3 Å². The van der Waals surface area contributed by atoms with E-state index in [0.717, 1.165) is 16.1 Å². The normalized spacial score (nSPS) is 12.2. The first-order valence-corrected chi connectivity index (χ1v) is 10.7. The Morgan fingerprint density at radius 2 is 1.45 bits per heavy atom. The van der Waals surface area contributed by atoms with Gasteiger partial charge in [-0.25, -0.2) is 0 Å². The van der Waals surface area contributed by atoms with E-state index < -0.39 is 24.6 Å². The lowest BCUT2D eigenvalue weighted by Gasteiger charge is -2.17. The summed E-state index contributed by atoms with van der Waals surface area (Å²) in [7, 11) is -3.61. The molecule has 0 bridgehead atoms. The van der Waals surface area contributed by atoms with Crippen LogP contribution in [0, 0.1) is 18.8 Å². The first kappa shape index (κ1) is 17.7. The van der Waals surface area contributed by atoms with Crippen LogP contribution in [0.5, 0.6) is 0 Å². The van der Waals surface area contributed by atoms with Crippen LogP contribution in [0.3, 0.4) is 0 Å². The van der Waals surface area contributed by atoms with Crippen LogP contribution in [0.1, 0.15) is 33.3 Å². The van der Waals surface area contributed by atoms with E-state index in [4.69, 9.17) is 3.23 Å². The third kappa shape index (κ3) is 5.97. The largest absolute Gasteiger partial charge is 0.485 e. The molecular weight excluding hydrogens is 287 g/mol. The molecule has 1 rings (SSSR count). The molecule has 0 amide bonds. The van der Waals surface area contributed by atoms with Crippen molar-refractivity contribution >= 4 is 24.6 Å². The molecule has 0 aliphatic carbocycles. The van der Waals surface area contributed by atoms with Crippen molar-refractivity contribution in [2.75, 3.05) is 0 Å². The summed E-state index contributed by atoms with van der Waals surface area (Å²) in [5.74, 6) is 0.942. The summed E-state index contributed by atoms with van der Waals surface area (Å²) in [6, 6.07) is 6.86. The molecule has 0 aliphatic rings. The van der Waals surface area contributed by atoms with Crippen molar-refractivity contribution in [3.05, 3.63) is 29.8 Å². The summed E-state index contributed by atoms with van der Waals surface area (Å²) in [5.41, 5.74) is 1.04. The Labute approximate surface area is 128 Å². The van der Waals surface area contributed by atoms with Gasteiger partial charge in [-0.15, -0.1) is 0 Å². The zero-order valence-electron chi connectivity index (χ0n) is 13.1. The van der Waals surface area contributed by atoms with Gasteiger partial charge in [0.05, 0.1) is 4.90 Å². The van der Waals surface area contributed by atoms with Crippen LogP contribution in [-0.2, 0) is 13.4 Å². The molecule has 3 nitrogen and oxygen atoms in total. The molecule has 20 heavy (non-hydrogen) atoms. The van der Waals surface area contributed by atoms with E-state index >= 15 is 0 Å². The summed E-state index contributed by atoms with van der Waals surface area (Å²) in [5, 5.41) is 1.78. The fourth-order valence-corrected chi connectivity index (χ4v) is 7.44. The third-order valence-corrected chi connectivity index (χ3v) is 8.93. The van der Waals surface area contributed by atoms with Gasteiger partial charge >= 0.3 is 14.5 Å². The standard InChI is InChI=1S/C7H8O3S.2C4H9.Al/c1-6-2-4-7(5-3-6)11(8,9)10;2*1-4(2)3;/h2-5H,1H3,(H,8,9,10);2*4H,1H2,2-3H3;/q;;;+1/p-1. The Morgan fingerprint density at radius 3 is 1.85 bits per heavy atom. The van der Waals surface area contributed by atoms with E-state index in [1.807, 2.05) is 6.92 Å². The Hall–Kier alpha value is -0.338. The highest BCUT2D eigenvalue weighted by Crippen LogP contribution is 2.21. The van der Waals surface area contributed by atoms with Crippen LogP contribution in [0.15, 0.2) is 29.2 Å². The van der Waals surface area contributed by atoms with E-state index in [1.165, 1.54) is 0 Å². The monoisotopic (exact) mass is 312 g/mol. The van der Waals surface area contributed by atoms with E-state index in [2.05, 4.69) is 27.7 Å². The van der Waals surface area contributed by atoms with Crippen molar-refractivity contribution in [3.8, 4) is 0 Å². The van der Waals surface area contributed by atoms with Crippen molar-refractivity contribution in [3.63, 3.8) is 0 Å². The van der Waals surface area contributed by atoms with Gasteiger partial charge in [0.15, 0.2) is 0 Å². The van der Waals surface area contributed by atoms with Crippen LogP contribution >= 0.6 is 0 Å². The van der Waals surface area contributed by atoms with Crippen molar-refractivity contribution in [1.29, 1.82) is 0 Å². The molecule has 0 aliphatic heterocycles. The zero-order valence-corrected chi connectivity index (χ0v) is 15.1. The highest BCUT2D eigenvalue weighted by molar-refractivity contribution is 7.87. The van der Waals surface area contributed by atoms with Gasteiger partial charge in [0, 0.05) is 0 Å². The fraction of sp³-hybridized carbons (Fsp3) is 0.600. The Balaban J connectivity index is 2.87. The van der Waals surface area contributed by atoms with E-state index in [-0.39, 0.29) is 4.90 Å². The van der Waals surface area contributed by atoms with Crippen LogP contribution in [0.4, 0.5) is 0 Å². The SMILES string of the molecule is Cc1ccc(S(=O)(=O)[O][Al]([CH2]C(C)C)[CH2]C(C)C)cc1. The molecule has 5 heteroatoms. The van der Waals surface area contributed by atoms with Crippen molar-refractivity contribution < 1.29 is 11.7 Å². The molecule has 0 atom stereocenters. The lowest BCUT2D eigenvalue weighted by Crippen LogP contribution is -2.26. The van der Waals surface area contributed by atoms with Gasteiger partial charge in [-0.1, -0.05) is 67.8 Å². The smallest absolute Gasteiger partial charge is 0.394 e. The molecule has 0 N–H and O–H groups in total. The van der Waals surface area contributed by atoms with E-state index in [0.29, 0.717) is 11.8 Å². The van der Waals surface area contributed by atoms with Gasteiger partial charge in [0.1, 0.15) is 0 Å². The maximum Gasteiger partial charge on any atom is 0.485 e. The molecule has 0 unspecified atom stereocenters. The van der Waals surface area contributed by atoms with Gasteiger partial charge in [0.2, 0.25) is 0 Å². The highest BCUT2D eigenvalue weighted by Gasteiger charge is 2.30. The van der Waals surface area contributed by atoms with Crippen LogP contribution in [-0.4, -0.2) is 22.9 Å². The third-order valence-electron chi connectivity index (χ3n) is 3.04. The molecule has 1 aromatic carbocycles. The lowest BCUT2D eigenvalue weighted by atomic mass is 10.2. The highest BCUT2D eigenvalue weighted by atomic mass is 32.2. The predicted molar refractivity (Wildman–Crippen MR) is 84.5 cm³/mol. The van der Waals surface area contributed by atoms with Gasteiger partial charge in [0.25, 0.3) is 10.1 Å². The Kier molecular flexibility index (Phi) is 6.74. The number of benzene rings is 1. The number of rotatable bonds is 7. The zero-order chi connectivity index (χ0) is 15.3. The maximum absolute atomic E-state index is 12.3. The topological polar surface area (TPSA) is 43.4 Å². The fourth-order valence-electron chi connectivity index (χ4n) is 2.17. The minimum atomic E-state index is -3.61.